The Kier molecular flexibility index (Phi) is 6.87. The third-order valence-electron chi connectivity index (χ3n) is 4.44. The van der Waals surface area contributed by atoms with E-state index < -0.39 is 0 Å². The van der Waals surface area contributed by atoms with E-state index in [-0.39, 0.29) is 0 Å². The van der Waals surface area contributed by atoms with Gasteiger partial charge in [-0.1, -0.05) is 23.9 Å². The van der Waals surface area contributed by atoms with Gasteiger partial charge in [0, 0.05) is 11.8 Å². The van der Waals surface area contributed by atoms with Gasteiger partial charge in [0.05, 0.1) is 26.4 Å². The third kappa shape index (κ3) is 4.95. The monoisotopic (exact) mass is 414 g/mol. The molecule has 1 heterocycles. The highest BCUT2D eigenvalue weighted by atomic mass is 32.2. The predicted molar refractivity (Wildman–Crippen MR) is 115 cm³/mol. The van der Waals surface area contributed by atoms with Crippen molar-refractivity contribution >= 4 is 11.8 Å². The van der Waals surface area contributed by atoms with E-state index in [4.69, 9.17) is 20.1 Å². The van der Waals surface area contributed by atoms with Crippen LogP contribution in [0.25, 0.3) is 11.4 Å². The van der Waals surface area contributed by atoms with E-state index in [0.717, 1.165) is 29.1 Å². The molecule has 7 nitrogen and oxygen atoms in total. The Morgan fingerprint density at radius 2 is 1.83 bits per heavy atom. The number of nitrogens with zero attached hydrogens (tertiary/aromatic N) is 3. The second-order valence-electron chi connectivity index (χ2n) is 6.56. The zero-order valence-corrected chi connectivity index (χ0v) is 18.0. The summed E-state index contributed by atoms with van der Waals surface area (Å²) >= 11 is 1.54. The molecule has 0 radical (unpaired) electrons. The zero-order valence-electron chi connectivity index (χ0n) is 17.1. The molecule has 0 fully saturated rings. The summed E-state index contributed by atoms with van der Waals surface area (Å²) in [5.74, 6) is 9.85. The van der Waals surface area contributed by atoms with Crippen LogP contribution in [0.15, 0.2) is 41.6 Å². The summed E-state index contributed by atoms with van der Waals surface area (Å²) in [6, 6.07) is 11.7. The highest BCUT2D eigenvalue weighted by Gasteiger charge is 2.16. The average Bonchev–Trinajstić information content (AvgIpc) is 3.09. The Morgan fingerprint density at radius 3 is 2.59 bits per heavy atom. The number of aryl methyl sites for hydroxylation is 2. The molecule has 29 heavy (non-hydrogen) atoms. The molecule has 0 unspecified atom stereocenters. The van der Waals surface area contributed by atoms with Gasteiger partial charge in [0.25, 0.3) is 0 Å². The molecule has 1 aromatic heterocycles. The lowest BCUT2D eigenvalue weighted by Gasteiger charge is -2.10. The van der Waals surface area contributed by atoms with Crippen molar-refractivity contribution < 1.29 is 14.2 Å². The fourth-order valence-electron chi connectivity index (χ4n) is 2.81. The van der Waals surface area contributed by atoms with Crippen molar-refractivity contribution in [3.8, 4) is 28.6 Å². The molecule has 2 aromatic carbocycles. The van der Waals surface area contributed by atoms with Crippen LogP contribution < -0.4 is 20.1 Å². The second-order valence-corrected chi connectivity index (χ2v) is 7.62. The molecule has 154 valence electrons. The average molecular weight is 415 g/mol. The quantitative estimate of drug-likeness (QED) is 0.323. The number of ether oxygens (including phenoxy) is 3. The molecular formula is C21H26N4O3S. The number of hydrogen-bond acceptors (Lipinski definition) is 7. The van der Waals surface area contributed by atoms with Gasteiger partial charge in [0.1, 0.15) is 17.2 Å². The van der Waals surface area contributed by atoms with E-state index in [0.29, 0.717) is 29.1 Å². The molecule has 0 aliphatic carbocycles. The van der Waals surface area contributed by atoms with E-state index in [9.17, 15) is 0 Å². The van der Waals surface area contributed by atoms with Crippen molar-refractivity contribution in [1.82, 2.24) is 14.9 Å². The largest absolute Gasteiger partial charge is 0.497 e. The number of aromatic nitrogens is 3. The molecule has 0 amide bonds. The van der Waals surface area contributed by atoms with Crippen molar-refractivity contribution in [3.05, 3.63) is 47.5 Å². The summed E-state index contributed by atoms with van der Waals surface area (Å²) in [6.45, 7) is 4.75. The van der Waals surface area contributed by atoms with Crippen molar-refractivity contribution in [3.63, 3.8) is 0 Å². The van der Waals surface area contributed by atoms with Gasteiger partial charge in [0.2, 0.25) is 5.16 Å². The summed E-state index contributed by atoms with van der Waals surface area (Å²) < 4.78 is 18.1. The fraction of sp³-hybridized carbons (Fsp3) is 0.333. The van der Waals surface area contributed by atoms with Gasteiger partial charge in [-0.05, 0) is 49.6 Å². The number of thioether (sulfide) groups is 1. The number of nitrogen functional groups attached to an aromatic ring is 1. The number of benzene rings is 2. The van der Waals surface area contributed by atoms with Crippen LogP contribution in [0.5, 0.6) is 17.2 Å². The van der Waals surface area contributed by atoms with Crippen LogP contribution in [0.3, 0.4) is 0 Å². The minimum atomic E-state index is 0.540. The van der Waals surface area contributed by atoms with E-state index in [1.165, 1.54) is 10.2 Å². The molecule has 0 saturated carbocycles. The van der Waals surface area contributed by atoms with Crippen molar-refractivity contribution in [2.45, 2.75) is 25.4 Å². The van der Waals surface area contributed by atoms with Crippen LogP contribution >= 0.6 is 11.8 Å². The molecule has 0 saturated heterocycles. The normalized spacial score (nSPS) is 10.8. The van der Waals surface area contributed by atoms with E-state index in [2.05, 4.69) is 42.2 Å². The Morgan fingerprint density at radius 1 is 1.00 bits per heavy atom. The number of nitrogens with two attached hydrogens (primary N) is 1. The SMILES string of the molecule is COc1ccc(-c2nnc(SCCCOc3cc(C)ccc3C)n2N)c(OC)c1. The summed E-state index contributed by atoms with van der Waals surface area (Å²) in [4.78, 5) is 0. The van der Waals surface area contributed by atoms with Crippen molar-refractivity contribution in [1.29, 1.82) is 0 Å². The molecule has 0 aliphatic rings. The molecule has 0 aliphatic heterocycles. The minimum absolute atomic E-state index is 0.540. The van der Waals surface area contributed by atoms with Crippen LogP contribution in [0.1, 0.15) is 17.5 Å². The van der Waals surface area contributed by atoms with Gasteiger partial charge in [-0.25, -0.2) is 4.68 Å². The molecule has 3 rings (SSSR count). The van der Waals surface area contributed by atoms with Gasteiger partial charge < -0.3 is 20.1 Å². The van der Waals surface area contributed by atoms with Crippen molar-refractivity contribution in [2.24, 2.45) is 0 Å². The molecule has 2 N–H and O–H groups in total. The third-order valence-corrected chi connectivity index (χ3v) is 5.46. The van der Waals surface area contributed by atoms with E-state index >= 15 is 0 Å². The maximum absolute atomic E-state index is 6.22. The van der Waals surface area contributed by atoms with Crippen LogP contribution in [0.4, 0.5) is 0 Å². The maximum atomic E-state index is 6.22. The first-order valence-corrected chi connectivity index (χ1v) is 10.3. The maximum Gasteiger partial charge on any atom is 0.210 e. The fourth-order valence-corrected chi connectivity index (χ4v) is 3.58. The van der Waals surface area contributed by atoms with Gasteiger partial charge in [-0.3, -0.25) is 0 Å². The molecule has 8 heteroatoms. The lowest BCUT2D eigenvalue weighted by Crippen LogP contribution is -2.12. The Hall–Kier alpha value is -2.87. The van der Waals surface area contributed by atoms with Crippen LogP contribution in [0.2, 0.25) is 0 Å². The molecule has 0 atom stereocenters. The van der Waals surface area contributed by atoms with E-state index in [1.807, 2.05) is 12.1 Å². The zero-order chi connectivity index (χ0) is 20.8. The van der Waals surface area contributed by atoms with Crippen molar-refractivity contribution in [2.75, 3.05) is 32.4 Å². The highest BCUT2D eigenvalue weighted by molar-refractivity contribution is 7.99. The predicted octanol–water partition coefficient (Wildman–Crippen LogP) is 3.85. The number of hydrogen-bond donors (Lipinski definition) is 1. The second kappa shape index (κ2) is 9.56. The first-order valence-electron chi connectivity index (χ1n) is 9.29. The minimum Gasteiger partial charge on any atom is -0.497 e. The van der Waals surface area contributed by atoms with Gasteiger partial charge in [0.15, 0.2) is 5.82 Å². The van der Waals surface area contributed by atoms with Gasteiger partial charge >= 0.3 is 0 Å². The van der Waals surface area contributed by atoms with Crippen LogP contribution in [0, 0.1) is 13.8 Å². The van der Waals surface area contributed by atoms with Gasteiger partial charge in [-0.15, -0.1) is 10.2 Å². The summed E-state index contributed by atoms with van der Waals surface area (Å²) in [5.41, 5.74) is 3.09. The summed E-state index contributed by atoms with van der Waals surface area (Å²) in [6.07, 6.45) is 0.867. The Balaban J connectivity index is 1.58. The summed E-state index contributed by atoms with van der Waals surface area (Å²) in [5, 5.41) is 9.09. The first kappa shape index (κ1) is 20.9. The standard InChI is InChI=1S/C21H26N4O3S/c1-14-6-7-15(2)18(12-14)28-10-5-11-29-21-24-23-20(25(21)22)17-9-8-16(26-3)13-19(17)27-4/h6-9,12-13H,5,10-11,22H2,1-4H3. The Bertz CT molecular complexity index is 975. The topological polar surface area (TPSA) is 84.4 Å². The summed E-state index contributed by atoms with van der Waals surface area (Å²) in [7, 11) is 3.21. The number of methoxy groups -OCH3 is 2. The molecule has 3 aromatic rings. The van der Waals surface area contributed by atoms with Gasteiger partial charge in [-0.2, -0.15) is 0 Å². The number of rotatable bonds is 9. The lowest BCUT2D eigenvalue weighted by molar-refractivity contribution is 0.316. The molecule has 0 bridgehead atoms. The van der Waals surface area contributed by atoms with Crippen LogP contribution in [-0.4, -0.2) is 41.5 Å². The first-order chi connectivity index (χ1) is 14.0. The molecule has 0 spiro atoms. The molecular weight excluding hydrogens is 388 g/mol. The Labute approximate surface area is 175 Å². The van der Waals surface area contributed by atoms with E-state index in [1.54, 1.807) is 32.0 Å². The smallest absolute Gasteiger partial charge is 0.210 e. The lowest BCUT2D eigenvalue weighted by atomic mass is 10.1. The van der Waals surface area contributed by atoms with Crippen LogP contribution in [-0.2, 0) is 0 Å². The highest BCUT2D eigenvalue weighted by Crippen LogP contribution is 2.33.